The Bertz CT molecular complexity index is 572. The number of aromatic nitrogens is 2. The Hall–Kier alpha value is -1.14. The van der Waals surface area contributed by atoms with Crippen molar-refractivity contribution in [3.63, 3.8) is 0 Å². The summed E-state index contributed by atoms with van der Waals surface area (Å²) in [7, 11) is -2.25. The van der Waals surface area contributed by atoms with Crippen molar-refractivity contribution in [3.8, 4) is 6.07 Å². The quantitative estimate of drug-likeness (QED) is 0.764. The second kappa shape index (κ2) is 4.85. The first-order chi connectivity index (χ1) is 8.46. The van der Waals surface area contributed by atoms with Crippen LogP contribution in [0.4, 0.5) is 0 Å². The molecule has 0 N–H and O–H groups in total. The van der Waals surface area contributed by atoms with Crippen LogP contribution in [0.15, 0.2) is 11.2 Å². The summed E-state index contributed by atoms with van der Waals surface area (Å²) < 4.78 is 32.2. The minimum atomic E-state index is -3.75. The number of hydrogen-bond donors (Lipinski definition) is 0. The molecule has 7 nitrogen and oxygen atoms in total. The number of aryl methyl sites for hydroxylation is 1. The first-order valence-corrected chi connectivity index (χ1v) is 6.97. The van der Waals surface area contributed by atoms with Crippen LogP contribution in [0.25, 0.3) is 0 Å². The van der Waals surface area contributed by atoms with Gasteiger partial charge in [0.25, 0.3) is 10.0 Å². The molecule has 1 fully saturated rings. The molecule has 2 rings (SSSR count). The van der Waals surface area contributed by atoms with E-state index in [0.29, 0.717) is 0 Å². The molecule has 0 radical (unpaired) electrons. The van der Waals surface area contributed by atoms with E-state index in [0.717, 1.165) is 0 Å². The lowest BCUT2D eigenvalue weighted by Crippen LogP contribution is -2.45. The second-order valence-corrected chi connectivity index (χ2v) is 6.03. The molecule has 0 aliphatic carbocycles. The van der Waals surface area contributed by atoms with Gasteiger partial charge in [0, 0.05) is 13.6 Å². The van der Waals surface area contributed by atoms with Gasteiger partial charge in [0.2, 0.25) is 0 Å². The average molecular weight is 291 g/mol. The summed E-state index contributed by atoms with van der Waals surface area (Å²) in [6, 6.07) is 1.90. The molecule has 0 spiro atoms. The normalized spacial score (nSPS) is 21.7. The van der Waals surface area contributed by atoms with E-state index in [1.165, 1.54) is 22.2 Å². The number of nitrogens with zero attached hydrogens (tertiary/aromatic N) is 4. The monoisotopic (exact) mass is 290 g/mol. The van der Waals surface area contributed by atoms with Gasteiger partial charge in [-0.2, -0.15) is 14.7 Å². The number of rotatable bonds is 2. The van der Waals surface area contributed by atoms with Gasteiger partial charge in [0.1, 0.15) is 0 Å². The molecule has 18 heavy (non-hydrogen) atoms. The standard InChI is InChI=1S/C9H11ClN4O3S/c1-13-9(8(10)5-12-13)18(15,16)14-2-3-17-7(4-11)6-14/h5,7H,2-3,6H2,1H3. The Morgan fingerprint density at radius 1 is 1.67 bits per heavy atom. The smallest absolute Gasteiger partial charge is 0.261 e. The molecule has 98 valence electrons. The zero-order chi connectivity index (χ0) is 13.3. The average Bonchev–Trinajstić information content (AvgIpc) is 2.69. The third-order valence-electron chi connectivity index (χ3n) is 2.60. The molecule has 0 bridgehead atoms. The topological polar surface area (TPSA) is 88.2 Å². The SMILES string of the molecule is Cn1ncc(Cl)c1S(=O)(=O)N1CCOC(C#N)C1. The Labute approximate surface area is 110 Å². The van der Waals surface area contributed by atoms with Gasteiger partial charge in [-0.3, -0.25) is 4.68 Å². The van der Waals surface area contributed by atoms with Crippen LogP contribution >= 0.6 is 11.6 Å². The predicted molar refractivity (Wildman–Crippen MR) is 62.3 cm³/mol. The van der Waals surface area contributed by atoms with E-state index >= 15 is 0 Å². The highest BCUT2D eigenvalue weighted by Gasteiger charge is 2.34. The number of morpholine rings is 1. The van der Waals surface area contributed by atoms with Crippen molar-refractivity contribution in [2.45, 2.75) is 11.1 Å². The van der Waals surface area contributed by atoms with Gasteiger partial charge in [-0.1, -0.05) is 11.6 Å². The van der Waals surface area contributed by atoms with E-state index in [9.17, 15) is 8.42 Å². The molecular formula is C9H11ClN4O3S. The summed E-state index contributed by atoms with van der Waals surface area (Å²) in [4.78, 5) is 0. The maximum atomic E-state index is 12.4. The molecule has 2 heterocycles. The van der Waals surface area contributed by atoms with E-state index < -0.39 is 16.1 Å². The van der Waals surface area contributed by atoms with Gasteiger partial charge in [0.15, 0.2) is 11.1 Å². The van der Waals surface area contributed by atoms with Crippen LogP contribution in [0.2, 0.25) is 5.02 Å². The molecule has 1 aromatic heterocycles. The van der Waals surface area contributed by atoms with Crippen LogP contribution in [0, 0.1) is 11.3 Å². The highest BCUT2D eigenvalue weighted by Crippen LogP contribution is 2.24. The fourth-order valence-corrected chi connectivity index (χ4v) is 3.76. The number of sulfonamides is 1. The van der Waals surface area contributed by atoms with Crippen LogP contribution in [-0.4, -0.2) is 48.3 Å². The molecule has 1 atom stereocenters. The fraction of sp³-hybridized carbons (Fsp3) is 0.556. The van der Waals surface area contributed by atoms with Crippen LogP contribution < -0.4 is 0 Å². The number of ether oxygens (including phenoxy) is 1. The minimum Gasteiger partial charge on any atom is -0.361 e. The van der Waals surface area contributed by atoms with E-state index in [1.54, 1.807) is 0 Å². The molecule has 0 amide bonds. The number of nitriles is 1. The highest BCUT2D eigenvalue weighted by atomic mass is 35.5. The van der Waals surface area contributed by atoms with Crippen LogP contribution in [0.1, 0.15) is 0 Å². The van der Waals surface area contributed by atoms with E-state index in [-0.39, 0.29) is 29.7 Å². The molecule has 1 unspecified atom stereocenters. The molecule has 1 aromatic rings. The van der Waals surface area contributed by atoms with Gasteiger partial charge in [-0.25, -0.2) is 8.42 Å². The third kappa shape index (κ3) is 2.22. The van der Waals surface area contributed by atoms with Gasteiger partial charge < -0.3 is 4.74 Å². The zero-order valence-electron chi connectivity index (χ0n) is 9.58. The van der Waals surface area contributed by atoms with Gasteiger partial charge in [-0.05, 0) is 0 Å². The summed E-state index contributed by atoms with van der Waals surface area (Å²) in [6.45, 7) is 0.384. The van der Waals surface area contributed by atoms with Crippen molar-refractivity contribution in [1.82, 2.24) is 14.1 Å². The lowest BCUT2D eigenvalue weighted by molar-refractivity contribution is 0.0310. The molecule has 1 aliphatic rings. The van der Waals surface area contributed by atoms with Crippen molar-refractivity contribution < 1.29 is 13.2 Å². The van der Waals surface area contributed by atoms with Crippen molar-refractivity contribution in [2.75, 3.05) is 19.7 Å². The first-order valence-electron chi connectivity index (χ1n) is 5.15. The highest BCUT2D eigenvalue weighted by molar-refractivity contribution is 7.89. The first kappa shape index (κ1) is 13.3. The minimum absolute atomic E-state index is 0.000340. The molecule has 1 saturated heterocycles. The number of halogens is 1. The fourth-order valence-electron chi connectivity index (χ4n) is 1.73. The van der Waals surface area contributed by atoms with Gasteiger partial charge >= 0.3 is 0 Å². The second-order valence-electron chi connectivity index (χ2n) is 3.77. The largest absolute Gasteiger partial charge is 0.361 e. The molecule has 0 aromatic carbocycles. The molecule has 0 saturated carbocycles. The lowest BCUT2D eigenvalue weighted by Gasteiger charge is -2.28. The zero-order valence-corrected chi connectivity index (χ0v) is 11.1. The Kier molecular flexibility index (Phi) is 3.59. The molecule has 9 heteroatoms. The van der Waals surface area contributed by atoms with Crippen molar-refractivity contribution in [1.29, 1.82) is 5.26 Å². The molecular weight excluding hydrogens is 280 g/mol. The van der Waals surface area contributed by atoms with E-state index in [1.807, 2.05) is 6.07 Å². The Balaban J connectivity index is 2.35. The van der Waals surface area contributed by atoms with Gasteiger partial charge in [-0.15, -0.1) is 0 Å². The van der Waals surface area contributed by atoms with Gasteiger partial charge in [0.05, 0.1) is 30.4 Å². The van der Waals surface area contributed by atoms with Crippen molar-refractivity contribution >= 4 is 21.6 Å². The summed E-state index contributed by atoms with van der Waals surface area (Å²) >= 11 is 5.83. The predicted octanol–water partition coefficient (Wildman–Crippen LogP) is -0.0134. The summed E-state index contributed by atoms with van der Waals surface area (Å²) in [6.07, 6.45) is 0.525. The van der Waals surface area contributed by atoms with Crippen molar-refractivity contribution in [2.24, 2.45) is 7.05 Å². The number of hydrogen-bond acceptors (Lipinski definition) is 5. The maximum absolute atomic E-state index is 12.4. The van der Waals surface area contributed by atoms with Crippen LogP contribution in [0.5, 0.6) is 0 Å². The maximum Gasteiger partial charge on any atom is 0.261 e. The lowest BCUT2D eigenvalue weighted by atomic mass is 10.3. The Morgan fingerprint density at radius 2 is 2.39 bits per heavy atom. The summed E-state index contributed by atoms with van der Waals surface area (Å²) in [5.41, 5.74) is 0. The van der Waals surface area contributed by atoms with Crippen LogP contribution in [-0.2, 0) is 21.8 Å². The third-order valence-corrected chi connectivity index (χ3v) is 4.97. The van der Waals surface area contributed by atoms with Crippen LogP contribution in [0.3, 0.4) is 0 Å². The summed E-state index contributed by atoms with van der Waals surface area (Å²) in [5, 5.41) is 12.6. The Morgan fingerprint density at radius 3 is 2.94 bits per heavy atom. The van der Waals surface area contributed by atoms with E-state index in [4.69, 9.17) is 21.6 Å². The summed E-state index contributed by atoms with van der Waals surface area (Å²) in [5.74, 6) is 0. The van der Waals surface area contributed by atoms with Crippen molar-refractivity contribution in [3.05, 3.63) is 11.2 Å². The molecule has 1 aliphatic heterocycles. The van der Waals surface area contributed by atoms with E-state index in [2.05, 4.69) is 5.10 Å².